The van der Waals surface area contributed by atoms with E-state index in [0.29, 0.717) is 12.1 Å². The number of hydrogen-bond donors (Lipinski definition) is 2. The lowest BCUT2D eigenvalue weighted by Crippen LogP contribution is -2.44. The van der Waals surface area contributed by atoms with E-state index in [4.69, 9.17) is 0 Å². The summed E-state index contributed by atoms with van der Waals surface area (Å²) in [6.45, 7) is 2.13. The van der Waals surface area contributed by atoms with E-state index in [1.165, 1.54) is 36.8 Å². The van der Waals surface area contributed by atoms with E-state index in [0.717, 1.165) is 18.8 Å². The summed E-state index contributed by atoms with van der Waals surface area (Å²) in [5.41, 5.74) is 2.71. The number of aliphatic hydroxyl groups excluding tert-OH is 1. The van der Waals surface area contributed by atoms with Gasteiger partial charge < -0.3 is 10.4 Å². The molecule has 2 nitrogen and oxygen atoms in total. The monoisotopic (exact) mass is 259 g/mol. The van der Waals surface area contributed by atoms with Crippen LogP contribution in [0.15, 0.2) is 24.3 Å². The molecule has 1 aromatic carbocycles. The molecule has 0 heterocycles. The molecule has 0 aromatic heterocycles. The predicted molar refractivity (Wildman–Crippen MR) is 78.0 cm³/mol. The molecule has 0 spiro atoms. The summed E-state index contributed by atoms with van der Waals surface area (Å²) in [5, 5.41) is 13.9. The van der Waals surface area contributed by atoms with Gasteiger partial charge in [0.15, 0.2) is 0 Å². The van der Waals surface area contributed by atoms with Gasteiger partial charge in [-0.15, -0.1) is 0 Å². The number of hydrogen-bond acceptors (Lipinski definition) is 2. The molecule has 0 saturated heterocycles. The van der Waals surface area contributed by atoms with Gasteiger partial charge in [-0.3, -0.25) is 0 Å². The lowest BCUT2D eigenvalue weighted by atomic mass is 9.90. The summed E-state index contributed by atoms with van der Waals surface area (Å²) < 4.78 is 0. The minimum Gasteiger partial charge on any atom is -0.392 e. The highest BCUT2D eigenvalue weighted by Gasteiger charge is 2.35. The largest absolute Gasteiger partial charge is 0.392 e. The first-order chi connectivity index (χ1) is 9.24. The van der Waals surface area contributed by atoms with Crippen LogP contribution in [0.25, 0.3) is 0 Å². The van der Waals surface area contributed by atoms with E-state index in [1.54, 1.807) is 0 Å². The first-order valence-corrected chi connectivity index (χ1v) is 7.75. The van der Waals surface area contributed by atoms with Crippen molar-refractivity contribution in [2.45, 2.75) is 63.6 Å². The van der Waals surface area contributed by atoms with Crippen molar-refractivity contribution < 1.29 is 5.11 Å². The van der Waals surface area contributed by atoms with Crippen molar-refractivity contribution in [3.05, 3.63) is 35.4 Å². The Balaban J connectivity index is 1.72. The van der Waals surface area contributed by atoms with Gasteiger partial charge in [0.25, 0.3) is 0 Å². The molecule has 2 heteroatoms. The zero-order chi connectivity index (χ0) is 13.2. The van der Waals surface area contributed by atoms with Gasteiger partial charge in [0, 0.05) is 12.1 Å². The normalized spacial score (nSPS) is 29.2. The fourth-order valence-electron chi connectivity index (χ4n) is 3.24. The highest BCUT2D eigenvalue weighted by atomic mass is 16.3. The van der Waals surface area contributed by atoms with Crippen LogP contribution in [0.1, 0.15) is 55.7 Å². The SMILES string of the molecule is Cc1ccc(C(NC2CCCCC2O)C2CC2)cc1. The minimum atomic E-state index is -0.152. The van der Waals surface area contributed by atoms with E-state index in [2.05, 4.69) is 36.5 Å². The molecule has 2 aliphatic rings. The van der Waals surface area contributed by atoms with Crippen molar-refractivity contribution in [2.75, 3.05) is 0 Å². The van der Waals surface area contributed by atoms with Crippen LogP contribution in [-0.4, -0.2) is 17.3 Å². The maximum Gasteiger partial charge on any atom is 0.0693 e. The van der Waals surface area contributed by atoms with E-state index >= 15 is 0 Å². The molecule has 2 saturated carbocycles. The molecule has 0 amide bonds. The second kappa shape index (κ2) is 5.64. The van der Waals surface area contributed by atoms with Gasteiger partial charge in [0.2, 0.25) is 0 Å². The minimum absolute atomic E-state index is 0.152. The predicted octanol–water partition coefficient (Wildman–Crippen LogP) is 3.34. The van der Waals surface area contributed by atoms with Gasteiger partial charge in [-0.1, -0.05) is 42.7 Å². The number of rotatable bonds is 4. The second-order valence-electron chi connectivity index (χ2n) is 6.35. The number of aryl methyl sites for hydroxylation is 1. The Kier molecular flexibility index (Phi) is 3.90. The highest BCUT2D eigenvalue weighted by Crippen LogP contribution is 2.42. The smallest absolute Gasteiger partial charge is 0.0693 e. The number of benzene rings is 1. The molecule has 3 unspecified atom stereocenters. The zero-order valence-electron chi connectivity index (χ0n) is 11.8. The van der Waals surface area contributed by atoms with Crippen molar-refractivity contribution in [1.29, 1.82) is 0 Å². The molecule has 104 valence electrons. The molecule has 2 fully saturated rings. The van der Waals surface area contributed by atoms with Crippen LogP contribution in [0.2, 0.25) is 0 Å². The molecule has 3 rings (SSSR count). The summed E-state index contributed by atoms with van der Waals surface area (Å²) >= 11 is 0. The van der Waals surface area contributed by atoms with E-state index in [-0.39, 0.29) is 6.10 Å². The third-order valence-corrected chi connectivity index (χ3v) is 4.65. The zero-order valence-corrected chi connectivity index (χ0v) is 11.8. The molecule has 19 heavy (non-hydrogen) atoms. The van der Waals surface area contributed by atoms with Crippen LogP contribution >= 0.6 is 0 Å². The molecule has 2 N–H and O–H groups in total. The average molecular weight is 259 g/mol. The van der Waals surface area contributed by atoms with E-state index in [1.807, 2.05) is 0 Å². The van der Waals surface area contributed by atoms with Crippen LogP contribution in [0.5, 0.6) is 0 Å². The van der Waals surface area contributed by atoms with Crippen LogP contribution in [0, 0.1) is 12.8 Å². The number of aliphatic hydroxyl groups is 1. The fourth-order valence-corrected chi connectivity index (χ4v) is 3.24. The fraction of sp³-hybridized carbons (Fsp3) is 0.647. The summed E-state index contributed by atoms with van der Waals surface area (Å²) in [5.74, 6) is 0.775. The van der Waals surface area contributed by atoms with Gasteiger partial charge >= 0.3 is 0 Å². The lowest BCUT2D eigenvalue weighted by Gasteiger charge is -2.32. The van der Waals surface area contributed by atoms with Crippen molar-refractivity contribution in [3.8, 4) is 0 Å². The van der Waals surface area contributed by atoms with Crippen LogP contribution < -0.4 is 5.32 Å². The van der Waals surface area contributed by atoms with Crippen LogP contribution in [0.4, 0.5) is 0 Å². The van der Waals surface area contributed by atoms with Gasteiger partial charge in [-0.2, -0.15) is 0 Å². The third kappa shape index (κ3) is 3.18. The first-order valence-electron chi connectivity index (χ1n) is 7.75. The maximum absolute atomic E-state index is 10.1. The van der Waals surface area contributed by atoms with Crippen molar-refractivity contribution in [1.82, 2.24) is 5.32 Å². The second-order valence-corrected chi connectivity index (χ2v) is 6.35. The molecule has 0 aliphatic heterocycles. The Hall–Kier alpha value is -0.860. The average Bonchev–Trinajstić information content (AvgIpc) is 3.24. The maximum atomic E-state index is 10.1. The quantitative estimate of drug-likeness (QED) is 0.869. The third-order valence-electron chi connectivity index (χ3n) is 4.65. The molecular formula is C17H25NO. The van der Waals surface area contributed by atoms with Gasteiger partial charge in [-0.05, 0) is 44.1 Å². The van der Waals surface area contributed by atoms with Crippen LogP contribution in [-0.2, 0) is 0 Å². The molecule has 3 atom stereocenters. The Morgan fingerprint density at radius 1 is 1.05 bits per heavy atom. The summed E-state index contributed by atoms with van der Waals surface area (Å²) in [6, 6.07) is 9.63. The van der Waals surface area contributed by atoms with Crippen molar-refractivity contribution in [2.24, 2.45) is 5.92 Å². The Morgan fingerprint density at radius 3 is 2.37 bits per heavy atom. The van der Waals surface area contributed by atoms with E-state index in [9.17, 15) is 5.11 Å². The Morgan fingerprint density at radius 2 is 1.74 bits per heavy atom. The van der Waals surface area contributed by atoms with E-state index < -0.39 is 0 Å². The standard InChI is InChI=1S/C17H25NO/c1-12-6-8-13(9-7-12)17(14-10-11-14)18-15-4-2-3-5-16(15)19/h6-9,14-19H,2-5,10-11H2,1H3. The summed E-state index contributed by atoms with van der Waals surface area (Å²) in [6.07, 6.45) is 7.01. The van der Waals surface area contributed by atoms with Crippen molar-refractivity contribution in [3.63, 3.8) is 0 Å². The molecular weight excluding hydrogens is 234 g/mol. The Bertz CT molecular complexity index is 410. The van der Waals surface area contributed by atoms with Gasteiger partial charge in [0.1, 0.15) is 0 Å². The first kappa shape index (κ1) is 13.1. The van der Waals surface area contributed by atoms with Crippen LogP contribution in [0.3, 0.4) is 0 Å². The lowest BCUT2D eigenvalue weighted by molar-refractivity contribution is 0.0831. The molecule has 0 radical (unpaired) electrons. The van der Waals surface area contributed by atoms with Gasteiger partial charge in [-0.25, -0.2) is 0 Å². The topological polar surface area (TPSA) is 32.3 Å². The van der Waals surface area contributed by atoms with Crippen molar-refractivity contribution >= 4 is 0 Å². The summed E-state index contributed by atoms with van der Waals surface area (Å²) in [4.78, 5) is 0. The summed E-state index contributed by atoms with van der Waals surface area (Å²) in [7, 11) is 0. The highest BCUT2D eigenvalue weighted by molar-refractivity contribution is 5.25. The van der Waals surface area contributed by atoms with Gasteiger partial charge in [0.05, 0.1) is 6.10 Å². The molecule has 0 bridgehead atoms. The molecule has 1 aromatic rings. The Labute approximate surface area is 116 Å². The molecule has 2 aliphatic carbocycles. The number of nitrogens with one attached hydrogen (secondary N) is 1.